The lowest BCUT2D eigenvalue weighted by molar-refractivity contribution is 1.17. The van der Waals surface area contributed by atoms with Gasteiger partial charge in [-0.1, -0.05) is 109 Å². The molecule has 6 aromatic carbocycles. The van der Waals surface area contributed by atoms with Crippen molar-refractivity contribution < 1.29 is 0 Å². The van der Waals surface area contributed by atoms with Crippen molar-refractivity contribution in [3.8, 4) is 22.5 Å². The van der Waals surface area contributed by atoms with E-state index in [4.69, 9.17) is 0 Å². The third kappa shape index (κ3) is 2.95. The molecule has 2 aromatic heterocycles. The second kappa shape index (κ2) is 8.22. The standard InChI is InChI=1S/C36H24N2/c1-2-13-25(14-3-1)37-32-21-8-6-17-28(32)30-19-12-20-31(36(30)37)29-18-7-11-24-35(29)38-33-22-9-4-15-26(33)27-16-5-10-23-34(27)38/h1-24H. The van der Waals surface area contributed by atoms with Crippen LogP contribution in [0.3, 0.4) is 0 Å². The van der Waals surface area contributed by atoms with Crippen LogP contribution in [0, 0.1) is 0 Å². The number of para-hydroxylation sites is 6. The monoisotopic (exact) mass is 484 g/mol. The van der Waals surface area contributed by atoms with E-state index in [1.807, 2.05) is 0 Å². The van der Waals surface area contributed by atoms with Crippen molar-refractivity contribution in [1.82, 2.24) is 9.13 Å². The normalized spacial score (nSPS) is 11.7. The molecule has 0 aliphatic carbocycles. The average Bonchev–Trinajstić information content (AvgIpc) is 3.51. The van der Waals surface area contributed by atoms with Crippen LogP contribution in [0.1, 0.15) is 0 Å². The molecule has 0 bridgehead atoms. The number of benzene rings is 6. The first kappa shape index (κ1) is 21.0. The van der Waals surface area contributed by atoms with Gasteiger partial charge in [-0.2, -0.15) is 0 Å². The van der Waals surface area contributed by atoms with Crippen molar-refractivity contribution in [1.29, 1.82) is 0 Å². The van der Waals surface area contributed by atoms with Crippen LogP contribution in [-0.4, -0.2) is 9.13 Å². The molecule has 0 fully saturated rings. The zero-order valence-electron chi connectivity index (χ0n) is 20.8. The predicted molar refractivity (Wildman–Crippen MR) is 161 cm³/mol. The van der Waals surface area contributed by atoms with Crippen LogP contribution in [-0.2, 0) is 0 Å². The van der Waals surface area contributed by atoms with E-state index in [0.717, 1.165) is 0 Å². The van der Waals surface area contributed by atoms with Crippen molar-refractivity contribution in [2.45, 2.75) is 0 Å². The average molecular weight is 485 g/mol. The van der Waals surface area contributed by atoms with Gasteiger partial charge in [0.15, 0.2) is 0 Å². The summed E-state index contributed by atoms with van der Waals surface area (Å²) < 4.78 is 4.84. The Balaban J connectivity index is 1.52. The Morgan fingerprint density at radius 1 is 0.316 bits per heavy atom. The third-order valence-electron chi connectivity index (χ3n) is 7.72. The molecule has 0 aliphatic rings. The van der Waals surface area contributed by atoms with Gasteiger partial charge in [-0.05, 0) is 36.4 Å². The zero-order chi connectivity index (χ0) is 25.1. The minimum absolute atomic E-state index is 1.17. The predicted octanol–water partition coefficient (Wildman–Crippen LogP) is 9.55. The highest BCUT2D eigenvalue weighted by Gasteiger charge is 2.20. The molecule has 2 heterocycles. The molecule has 38 heavy (non-hydrogen) atoms. The van der Waals surface area contributed by atoms with Crippen molar-refractivity contribution in [3.05, 3.63) is 146 Å². The van der Waals surface area contributed by atoms with E-state index in [2.05, 4.69) is 155 Å². The highest BCUT2D eigenvalue weighted by atomic mass is 15.0. The summed E-state index contributed by atoms with van der Waals surface area (Å²) in [6.07, 6.45) is 0. The van der Waals surface area contributed by atoms with E-state index in [1.165, 1.54) is 66.1 Å². The summed E-state index contributed by atoms with van der Waals surface area (Å²) in [5.41, 5.74) is 9.67. The Kier molecular flexibility index (Phi) is 4.55. The Labute approximate surface area is 220 Å². The molecule has 0 atom stereocenters. The minimum Gasteiger partial charge on any atom is -0.309 e. The smallest absolute Gasteiger partial charge is 0.0620 e. The first-order valence-electron chi connectivity index (χ1n) is 13.1. The van der Waals surface area contributed by atoms with Crippen LogP contribution < -0.4 is 0 Å². The van der Waals surface area contributed by atoms with Crippen LogP contribution in [0.15, 0.2) is 146 Å². The van der Waals surface area contributed by atoms with Gasteiger partial charge in [0.1, 0.15) is 0 Å². The lowest BCUT2D eigenvalue weighted by atomic mass is 10.00. The number of rotatable bonds is 3. The second-order valence-corrected chi connectivity index (χ2v) is 9.78. The van der Waals surface area contributed by atoms with Crippen LogP contribution in [0.25, 0.3) is 66.1 Å². The number of hydrogen-bond acceptors (Lipinski definition) is 0. The van der Waals surface area contributed by atoms with Gasteiger partial charge in [-0.25, -0.2) is 0 Å². The minimum atomic E-state index is 1.17. The SMILES string of the molecule is c1ccc(-n2c3ccccc3c3cccc(-c4ccccc4-n4c5ccccc5c5ccccc54)c32)cc1. The summed E-state index contributed by atoms with van der Waals surface area (Å²) >= 11 is 0. The number of hydrogen-bond donors (Lipinski definition) is 0. The van der Waals surface area contributed by atoms with Gasteiger partial charge >= 0.3 is 0 Å². The largest absolute Gasteiger partial charge is 0.309 e. The summed E-state index contributed by atoms with van der Waals surface area (Å²) in [5, 5.41) is 5.07. The maximum atomic E-state index is 2.42. The van der Waals surface area contributed by atoms with E-state index in [-0.39, 0.29) is 0 Å². The van der Waals surface area contributed by atoms with Gasteiger partial charge in [-0.3, -0.25) is 0 Å². The maximum Gasteiger partial charge on any atom is 0.0620 e. The zero-order valence-corrected chi connectivity index (χ0v) is 20.8. The molecule has 0 saturated carbocycles. The quantitative estimate of drug-likeness (QED) is 0.236. The molecule has 0 aliphatic heterocycles. The molecule has 2 nitrogen and oxygen atoms in total. The van der Waals surface area contributed by atoms with Gasteiger partial charge < -0.3 is 9.13 Å². The maximum absolute atomic E-state index is 2.42. The highest BCUT2D eigenvalue weighted by molar-refractivity contribution is 6.15. The van der Waals surface area contributed by atoms with E-state index in [1.54, 1.807) is 0 Å². The Morgan fingerprint density at radius 3 is 1.47 bits per heavy atom. The van der Waals surface area contributed by atoms with Crippen molar-refractivity contribution in [2.24, 2.45) is 0 Å². The molecule has 0 spiro atoms. The van der Waals surface area contributed by atoms with Crippen molar-refractivity contribution in [2.75, 3.05) is 0 Å². The lowest BCUT2D eigenvalue weighted by Gasteiger charge is -2.16. The van der Waals surface area contributed by atoms with Gasteiger partial charge in [0.2, 0.25) is 0 Å². The first-order chi connectivity index (χ1) is 18.9. The fourth-order valence-corrected chi connectivity index (χ4v) is 6.16. The van der Waals surface area contributed by atoms with Crippen molar-refractivity contribution in [3.63, 3.8) is 0 Å². The van der Waals surface area contributed by atoms with Gasteiger partial charge in [0, 0.05) is 38.4 Å². The van der Waals surface area contributed by atoms with Crippen LogP contribution in [0.4, 0.5) is 0 Å². The Bertz CT molecular complexity index is 2070. The molecule has 0 unspecified atom stereocenters. The van der Waals surface area contributed by atoms with Gasteiger partial charge in [-0.15, -0.1) is 0 Å². The molecule has 8 aromatic rings. The number of nitrogens with zero attached hydrogens (tertiary/aromatic N) is 2. The molecule has 8 rings (SSSR count). The van der Waals surface area contributed by atoms with Gasteiger partial charge in [0.05, 0.1) is 27.8 Å². The summed E-state index contributed by atoms with van der Waals surface area (Å²) in [7, 11) is 0. The molecule has 0 saturated heterocycles. The molecule has 2 heteroatoms. The first-order valence-corrected chi connectivity index (χ1v) is 13.1. The summed E-state index contributed by atoms with van der Waals surface area (Å²) in [6.45, 7) is 0. The molecule has 178 valence electrons. The molecule has 0 N–H and O–H groups in total. The molecular weight excluding hydrogens is 460 g/mol. The van der Waals surface area contributed by atoms with Gasteiger partial charge in [0.25, 0.3) is 0 Å². The van der Waals surface area contributed by atoms with Crippen LogP contribution in [0.5, 0.6) is 0 Å². The van der Waals surface area contributed by atoms with Crippen LogP contribution >= 0.6 is 0 Å². The summed E-state index contributed by atoms with van der Waals surface area (Å²) in [6, 6.07) is 52.4. The van der Waals surface area contributed by atoms with Crippen LogP contribution in [0.2, 0.25) is 0 Å². The summed E-state index contributed by atoms with van der Waals surface area (Å²) in [4.78, 5) is 0. The molecule has 0 radical (unpaired) electrons. The fraction of sp³-hybridized carbons (Fsp3) is 0. The number of aromatic nitrogens is 2. The highest BCUT2D eigenvalue weighted by Crippen LogP contribution is 2.41. The van der Waals surface area contributed by atoms with E-state index in [0.29, 0.717) is 0 Å². The Morgan fingerprint density at radius 2 is 0.789 bits per heavy atom. The Hall–Kier alpha value is -5.08. The third-order valence-corrected chi connectivity index (χ3v) is 7.72. The van der Waals surface area contributed by atoms with E-state index >= 15 is 0 Å². The van der Waals surface area contributed by atoms with E-state index in [9.17, 15) is 0 Å². The summed E-state index contributed by atoms with van der Waals surface area (Å²) in [5.74, 6) is 0. The van der Waals surface area contributed by atoms with Crippen molar-refractivity contribution >= 4 is 43.6 Å². The molecular formula is C36H24N2. The second-order valence-electron chi connectivity index (χ2n) is 9.78. The molecule has 0 amide bonds. The van der Waals surface area contributed by atoms with E-state index < -0.39 is 0 Å². The fourth-order valence-electron chi connectivity index (χ4n) is 6.16. The topological polar surface area (TPSA) is 9.86 Å². The lowest BCUT2D eigenvalue weighted by Crippen LogP contribution is -1.99. The number of fused-ring (bicyclic) bond motifs is 6.